The maximum atomic E-state index is 6.50. The van der Waals surface area contributed by atoms with Crippen LogP contribution >= 0.6 is 11.3 Å². The van der Waals surface area contributed by atoms with Crippen LogP contribution in [0, 0.1) is 0 Å². The molecular formula is C36H21NOS. The molecule has 39 heavy (non-hydrogen) atoms. The smallest absolute Gasteiger partial charge is 0.137 e. The SMILES string of the molecule is c1cc(-c2ccc3c(c2)sc2ccccc23)c2c(c1)oc1cccc(-n3c4ccccc4c4ccccc43)c12. The third-order valence-electron chi connectivity index (χ3n) is 8.01. The van der Waals surface area contributed by atoms with E-state index >= 15 is 0 Å². The van der Waals surface area contributed by atoms with Crippen molar-refractivity contribution in [3.8, 4) is 16.8 Å². The van der Waals surface area contributed by atoms with Crippen molar-refractivity contribution in [2.24, 2.45) is 0 Å². The zero-order valence-corrected chi connectivity index (χ0v) is 21.7. The lowest BCUT2D eigenvalue weighted by molar-refractivity contribution is 0.669. The highest BCUT2D eigenvalue weighted by atomic mass is 32.1. The van der Waals surface area contributed by atoms with E-state index in [0.29, 0.717) is 0 Å². The van der Waals surface area contributed by atoms with Gasteiger partial charge >= 0.3 is 0 Å². The molecule has 0 aliphatic heterocycles. The van der Waals surface area contributed by atoms with Gasteiger partial charge in [-0.1, -0.05) is 84.9 Å². The number of rotatable bonds is 2. The van der Waals surface area contributed by atoms with Crippen LogP contribution in [0.4, 0.5) is 0 Å². The van der Waals surface area contributed by atoms with Crippen molar-refractivity contribution in [2.75, 3.05) is 0 Å². The Kier molecular flexibility index (Phi) is 4.24. The molecule has 3 aromatic heterocycles. The van der Waals surface area contributed by atoms with E-state index < -0.39 is 0 Å². The van der Waals surface area contributed by atoms with E-state index in [1.807, 2.05) is 11.3 Å². The number of thiophene rings is 1. The summed E-state index contributed by atoms with van der Waals surface area (Å²) in [5, 5.41) is 7.46. The normalized spacial score (nSPS) is 12.1. The molecule has 2 nitrogen and oxygen atoms in total. The first-order valence-corrected chi connectivity index (χ1v) is 14.0. The fraction of sp³-hybridized carbons (Fsp3) is 0. The molecule has 0 aliphatic rings. The summed E-state index contributed by atoms with van der Waals surface area (Å²) in [4.78, 5) is 0. The molecule has 0 bridgehead atoms. The monoisotopic (exact) mass is 515 g/mol. The van der Waals surface area contributed by atoms with Gasteiger partial charge in [-0.3, -0.25) is 0 Å². The van der Waals surface area contributed by atoms with Crippen molar-refractivity contribution in [1.82, 2.24) is 4.57 Å². The van der Waals surface area contributed by atoms with Gasteiger partial charge in [0.05, 0.1) is 22.1 Å². The molecule has 0 unspecified atom stereocenters. The van der Waals surface area contributed by atoms with Crippen LogP contribution < -0.4 is 0 Å². The van der Waals surface area contributed by atoms with Crippen LogP contribution in [0.2, 0.25) is 0 Å². The molecule has 3 heteroatoms. The molecule has 3 heterocycles. The number of hydrogen-bond acceptors (Lipinski definition) is 2. The van der Waals surface area contributed by atoms with Crippen molar-refractivity contribution in [3.63, 3.8) is 0 Å². The van der Waals surface area contributed by atoms with Gasteiger partial charge in [0, 0.05) is 36.3 Å². The average Bonchev–Trinajstić information content (AvgIpc) is 3.66. The van der Waals surface area contributed by atoms with Crippen molar-refractivity contribution in [1.29, 1.82) is 0 Å². The van der Waals surface area contributed by atoms with Crippen LogP contribution in [0.3, 0.4) is 0 Å². The minimum atomic E-state index is 0.903. The van der Waals surface area contributed by atoms with E-state index in [1.165, 1.54) is 53.1 Å². The summed E-state index contributed by atoms with van der Waals surface area (Å²) in [6.07, 6.45) is 0. The first kappa shape index (κ1) is 21.1. The summed E-state index contributed by atoms with van der Waals surface area (Å²) in [7, 11) is 0. The fourth-order valence-corrected chi connectivity index (χ4v) is 7.50. The fourth-order valence-electron chi connectivity index (χ4n) is 6.35. The predicted octanol–water partition coefficient (Wildman–Crippen LogP) is 10.7. The topological polar surface area (TPSA) is 18.1 Å². The molecule has 9 aromatic rings. The molecule has 9 rings (SSSR count). The quantitative estimate of drug-likeness (QED) is 0.224. The van der Waals surface area contributed by atoms with Crippen LogP contribution in [-0.2, 0) is 0 Å². The Balaban J connectivity index is 1.39. The van der Waals surface area contributed by atoms with Crippen LogP contribution in [0.25, 0.3) is 80.7 Å². The Morgan fingerprint density at radius 3 is 1.92 bits per heavy atom. The Hall–Kier alpha value is -4.86. The van der Waals surface area contributed by atoms with E-state index in [9.17, 15) is 0 Å². The number of nitrogens with zero attached hydrogens (tertiary/aromatic N) is 1. The van der Waals surface area contributed by atoms with Gasteiger partial charge in [0.2, 0.25) is 0 Å². The minimum absolute atomic E-state index is 0.903. The van der Waals surface area contributed by atoms with Crippen molar-refractivity contribution < 1.29 is 4.42 Å². The Morgan fingerprint density at radius 2 is 1.13 bits per heavy atom. The van der Waals surface area contributed by atoms with E-state index in [4.69, 9.17) is 4.42 Å². The molecule has 6 aromatic carbocycles. The molecule has 0 radical (unpaired) electrons. The van der Waals surface area contributed by atoms with Crippen LogP contribution in [-0.4, -0.2) is 4.57 Å². The highest BCUT2D eigenvalue weighted by Gasteiger charge is 2.20. The molecule has 0 fully saturated rings. The number of furan rings is 1. The van der Waals surface area contributed by atoms with Gasteiger partial charge in [-0.25, -0.2) is 0 Å². The highest BCUT2D eigenvalue weighted by Crippen LogP contribution is 2.43. The Morgan fingerprint density at radius 1 is 0.487 bits per heavy atom. The maximum Gasteiger partial charge on any atom is 0.137 e. The summed E-state index contributed by atoms with van der Waals surface area (Å²) in [5.74, 6) is 0. The number of fused-ring (bicyclic) bond motifs is 9. The number of hydrogen-bond donors (Lipinski definition) is 0. The summed E-state index contributed by atoms with van der Waals surface area (Å²) in [6, 6.07) is 45.7. The molecule has 182 valence electrons. The Bertz CT molecular complexity index is 2350. The minimum Gasteiger partial charge on any atom is -0.456 e. The first-order valence-electron chi connectivity index (χ1n) is 13.2. The van der Waals surface area contributed by atoms with E-state index in [2.05, 4.69) is 132 Å². The molecule has 0 aliphatic carbocycles. The van der Waals surface area contributed by atoms with E-state index in [-0.39, 0.29) is 0 Å². The van der Waals surface area contributed by atoms with Crippen LogP contribution in [0.5, 0.6) is 0 Å². The zero-order valence-electron chi connectivity index (χ0n) is 20.9. The van der Waals surface area contributed by atoms with Gasteiger partial charge in [-0.15, -0.1) is 11.3 Å². The third kappa shape index (κ3) is 2.91. The largest absolute Gasteiger partial charge is 0.456 e. The van der Waals surface area contributed by atoms with Gasteiger partial charge in [-0.2, -0.15) is 0 Å². The molecule has 0 spiro atoms. The van der Waals surface area contributed by atoms with Crippen molar-refractivity contribution >= 4 is 75.3 Å². The van der Waals surface area contributed by atoms with Crippen LogP contribution in [0.15, 0.2) is 132 Å². The molecule has 0 saturated carbocycles. The molecule has 0 saturated heterocycles. The molecule has 0 atom stereocenters. The average molecular weight is 516 g/mol. The third-order valence-corrected chi connectivity index (χ3v) is 9.14. The summed E-state index contributed by atoms with van der Waals surface area (Å²) in [5.41, 5.74) is 7.75. The molecule has 0 amide bonds. The van der Waals surface area contributed by atoms with Gasteiger partial charge in [0.15, 0.2) is 0 Å². The first-order chi connectivity index (χ1) is 19.3. The number of para-hydroxylation sites is 2. The number of benzene rings is 6. The lowest BCUT2D eigenvalue weighted by Crippen LogP contribution is -1.94. The maximum absolute atomic E-state index is 6.50. The zero-order chi connectivity index (χ0) is 25.5. The van der Waals surface area contributed by atoms with Gasteiger partial charge in [0.25, 0.3) is 0 Å². The summed E-state index contributed by atoms with van der Waals surface area (Å²) in [6.45, 7) is 0. The van der Waals surface area contributed by atoms with Gasteiger partial charge in [-0.05, 0) is 53.6 Å². The van der Waals surface area contributed by atoms with Crippen molar-refractivity contribution in [3.05, 3.63) is 127 Å². The van der Waals surface area contributed by atoms with Crippen LogP contribution in [0.1, 0.15) is 0 Å². The van der Waals surface area contributed by atoms with E-state index in [0.717, 1.165) is 27.6 Å². The predicted molar refractivity (Wildman–Crippen MR) is 166 cm³/mol. The highest BCUT2D eigenvalue weighted by molar-refractivity contribution is 7.25. The lowest BCUT2D eigenvalue weighted by Gasteiger charge is -2.11. The molecule has 0 N–H and O–H groups in total. The second-order valence-corrected chi connectivity index (χ2v) is 11.2. The van der Waals surface area contributed by atoms with Crippen molar-refractivity contribution in [2.45, 2.75) is 0 Å². The standard InChI is InChI=1S/C36H21NOS/c1-4-13-28-24(9-1)25-10-2-5-14-29(25)37(28)30-15-8-17-32-36(30)35-23(12-7-16-31(35)38-32)22-19-20-27-26-11-3-6-18-33(26)39-34(27)21-22/h1-21H. The van der Waals surface area contributed by atoms with Gasteiger partial charge < -0.3 is 8.98 Å². The lowest BCUT2D eigenvalue weighted by atomic mass is 9.98. The second-order valence-electron chi connectivity index (χ2n) is 10.1. The second kappa shape index (κ2) is 7.83. The van der Waals surface area contributed by atoms with Gasteiger partial charge in [0.1, 0.15) is 11.2 Å². The summed E-state index contributed by atoms with van der Waals surface area (Å²) >= 11 is 1.86. The van der Waals surface area contributed by atoms with E-state index in [1.54, 1.807) is 0 Å². The number of aromatic nitrogens is 1. The Labute approximate surface area is 227 Å². The molecular weight excluding hydrogens is 494 g/mol. The summed E-state index contributed by atoms with van der Waals surface area (Å²) < 4.78 is 11.5.